The molecule has 2 saturated heterocycles. The van der Waals surface area contributed by atoms with Crippen molar-refractivity contribution < 1.29 is 53.7 Å². The third kappa shape index (κ3) is 6.64. The minimum absolute atomic E-state index is 0. The molecule has 4 rings (SSSR count). The summed E-state index contributed by atoms with van der Waals surface area (Å²) in [5.74, 6) is -1.54. The van der Waals surface area contributed by atoms with E-state index in [1.54, 1.807) is 12.1 Å². The molecule has 184 valence electrons. The number of aliphatic hydroxyl groups excluding tert-OH is 1. The number of ether oxygens (including phenoxy) is 1. The Morgan fingerprint density at radius 1 is 1.14 bits per heavy atom. The van der Waals surface area contributed by atoms with E-state index < -0.39 is 5.97 Å². The number of anilines is 1. The summed E-state index contributed by atoms with van der Waals surface area (Å²) in [6.07, 6.45) is 2.92. The maximum absolute atomic E-state index is 15.1. The molecule has 1 N–H and O–H groups in total. The maximum Gasteiger partial charge on any atom is 1.00 e. The Morgan fingerprint density at radius 3 is 2.43 bits per heavy atom. The fourth-order valence-electron chi connectivity index (χ4n) is 5.17. The molecule has 2 aliphatic rings. The van der Waals surface area contributed by atoms with Gasteiger partial charge in [0.05, 0.1) is 12.1 Å². The van der Waals surface area contributed by atoms with Crippen molar-refractivity contribution in [3.8, 4) is 11.1 Å². The van der Waals surface area contributed by atoms with Crippen LogP contribution >= 0.6 is 0 Å². The topological polar surface area (TPSA) is 76.1 Å². The number of carbonyl (C=O) groups is 1. The van der Waals surface area contributed by atoms with E-state index >= 15 is 4.39 Å². The average molecular weight is 493 g/mol. The van der Waals surface area contributed by atoms with E-state index in [1.165, 1.54) is 6.07 Å². The number of benzene rings is 2. The van der Waals surface area contributed by atoms with Crippen LogP contribution in [0.3, 0.4) is 0 Å². The third-order valence-electron chi connectivity index (χ3n) is 7.22. The number of rotatable bonds is 7. The SMILES string of the molecule is CCN(c1cc(-c2ccc(CN3CCC(O)CC3)c(F)c2)cc(C(=O)[O-])c1C)C1CCOCC1.[Na+]. The normalized spacial score (nSPS) is 17.7. The van der Waals surface area contributed by atoms with Crippen molar-refractivity contribution >= 4 is 11.7 Å². The first-order valence-corrected chi connectivity index (χ1v) is 12.3. The molecule has 0 unspecified atom stereocenters. The van der Waals surface area contributed by atoms with E-state index in [1.807, 2.05) is 19.1 Å². The van der Waals surface area contributed by atoms with Crippen molar-refractivity contribution in [1.82, 2.24) is 4.90 Å². The van der Waals surface area contributed by atoms with Crippen molar-refractivity contribution in [3.63, 3.8) is 0 Å². The Balaban J connectivity index is 0.00000342. The molecular weight excluding hydrogens is 458 g/mol. The van der Waals surface area contributed by atoms with Crippen molar-refractivity contribution in [1.29, 1.82) is 0 Å². The van der Waals surface area contributed by atoms with E-state index in [0.717, 1.165) is 38.2 Å². The van der Waals surface area contributed by atoms with Crippen LogP contribution < -0.4 is 39.6 Å². The van der Waals surface area contributed by atoms with Crippen LogP contribution in [0.1, 0.15) is 54.1 Å². The number of hydrogen-bond donors (Lipinski definition) is 1. The number of carbonyl (C=O) groups excluding carboxylic acids is 1. The molecule has 8 heteroatoms. The summed E-state index contributed by atoms with van der Waals surface area (Å²) in [4.78, 5) is 16.4. The Labute approximate surface area is 229 Å². The number of aromatic carboxylic acids is 1. The fourth-order valence-corrected chi connectivity index (χ4v) is 5.17. The molecule has 2 aromatic rings. The predicted octanol–water partition coefficient (Wildman–Crippen LogP) is 0.131. The minimum atomic E-state index is -1.23. The number of halogens is 1. The van der Waals surface area contributed by atoms with Crippen LogP contribution in [0.15, 0.2) is 30.3 Å². The smallest absolute Gasteiger partial charge is 0.545 e. The van der Waals surface area contributed by atoms with Gasteiger partial charge in [0.25, 0.3) is 0 Å². The Morgan fingerprint density at radius 2 is 1.83 bits per heavy atom. The number of carboxylic acid groups (broad SMARTS) is 1. The van der Waals surface area contributed by atoms with Crippen molar-refractivity contribution in [2.24, 2.45) is 0 Å². The van der Waals surface area contributed by atoms with Crippen LogP contribution in [-0.2, 0) is 11.3 Å². The van der Waals surface area contributed by atoms with E-state index in [-0.39, 0.29) is 53.1 Å². The van der Waals surface area contributed by atoms with Gasteiger partial charge in [-0.2, -0.15) is 0 Å². The number of likely N-dealkylation sites (tertiary alicyclic amines) is 1. The van der Waals surface area contributed by atoms with Crippen molar-refractivity contribution in [3.05, 3.63) is 52.8 Å². The molecule has 0 aliphatic carbocycles. The average Bonchev–Trinajstić information content (AvgIpc) is 2.83. The molecule has 0 amide bonds. The molecule has 0 spiro atoms. The van der Waals surface area contributed by atoms with Gasteiger partial charge in [0.1, 0.15) is 5.82 Å². The second kappa shape index (κ2) is 12.7. The number of carboxylic acids is 1. The summed E-state index contributed by atoms with van der Waals surface area (Å²) in [6.45, 7) is 7.98. The molecule has 2 aromatic carbocycles. The number of nitrogens with zero attached hydrogens (tertiary/aromatic N) is 2. The molecule has 2 fully saturated rings. The second-order valence-corrected chi connectivity index (χ2v) is 9.40. The first-order chi connectivity index (χ1) is 16.4. The molecule has 2 heterocycles. The summed E-state index contributed by atoms with van der Waals surface area (Å²) < 4.78 is 20.6. The summed E-state index contributed by atoms with van der Waals surface area (Å²) >= 11 is 0. The predicted molar refractivity (Wildman–Crippen MR) is 128 cm³/mol. The molecular formula is C27H34FN2NaO4. The first kappa shape index (κ1) is 28.1. The summed E-state index contributed by atoms with van der Waals surface area (Å²) in [5, 5.41) is 21.7. The standard InChI is InChI=1S/C27H35FN2O4.Na/c1-3-30(22-8-12-34-13-9-22)26-16-21(14-24(18(26)2)27(32)33)19-4-5-20(25(28)15-19)17-29-10-6-23(31)7-11-29;/h4-5,14-16,22-23,31H,3,6-13,17H2,1-2H3,(H,32,33);/q;+1/p-1. The van der Waals surface area contributed by atoms with Crippen LogP contribution in [0.4, 0.5) is 10.1 Å². The first-order valence-electron chi connectivity index (χ1n) is 12.3. The van der Waals surface area contributed by atoms with Gasteiger partial charge >= 0.3 is 29.6 Å². The van der Waals surface area contributed by atoms with Gasteiger partial charge in [-0.3, -0.25) is 4.90 Å². The molecule has 0 atom stereocenters. The number of hydrogen-bond acceptors (Lipinski definition) is 6. The molecule has 35 heavy (non-hydrogen) atoms. The molecule has 0 aromatic heterocycles. The van der Waals surface area contributed by atoms with Crippen LogP contribution in [-0.4, -0.2) is 61.0 Å². The largest absolute Gasteiger partial charge is 1.00 e. The van der Waals surface area contributed by atoms with E-state index in [9.17, 15) is 15.0 Å². The Hall–Kier alpha value is -1.48. The van der Waals surface area contributed by atoms with Gasteiger partial charge in [-0.25, -0.2) is 4.39 Å². The third-order valence-corrected chi connectivity index (χ3v) is 7.22. The van der Waals surface area contributed by atoms with Crippen molar-refractivity contribution in [2.45, 2.75) is 58.2 Å². The Bertz CT molecular complexity index is 1020. The zero-order valence-electron chi connectivity index (χ0n) is 21.1. The van der Waals surface area contributed by atoms with Crippen LogP contribution in [0.25, 0.3) is 11.1 Å². The molecule has 6 nitrogen and oxygen atoms in total. The quantitative estimate of drug-likeness (QED) is 0.554. The zero-order valence-corrected chi connectivity index (χ0v) is 23.1. The van der Waals surface area contributed by atoms with Crippen LogP contribution in [0.5, 0.6) is 0 Å². The van der Waals surface area contributed by atoms with Crippen LogP contribution in [0, 0.1) is 12.7 Å². The van der Waals surface area contributed by atoms with Crippen molar-refractivity contribution in [2.75, 3.05) is 37.7 Å². The van der Waals surface area contributed by atoms with Gasteiger partial charge in [-0.05, 0) is 74.4 Å². The molecule has 2 aliphatic heterocycles. The van der Waals surface area contributed by atoms with Crippen LogP contribution in [0.2, 0.25) is 0 Å². The van der Waals surface area contributed by atoms with E-state index in [0.29, 0.717) is 54.9 Å². The minimum Gasteiger partial charge on any atom is -0.545 e. The van der Waals surface area contributed by atoms with E-state index in [4.69, 9.17) is 4.74 Å². The summed E-state index contributed by atoms with van der Waals surface area (Å²) in [7, 11) is 0. The number of piperidine rings is 1. The van der Waals surface area contributed by atoms with Gasteiger partial charge in [0.2, 0.25) is 0 Å². The second-order valence-electron chi connectivity index (χ2n) is 9.40. The Kier molecular flexibility index (Phi) is 10.2. The van der Waals surface area contributed by atoms with E-state index in [2.05, 4.69) is 16.7 Å². The van der Waals surface area contributed by atoms with Gasteiger partial charge in [-0.15, -0.1) is 0 Å². The fraction of sp³-hybridized carbons (Fsp3) is 0.519. The monoisotopic (exact) mass is 492 g/mol. The van der Waals surface area contributed by atoms with Gasteiger partial charge in [0, 0.05) is 62.2 Å². The van der Waals surface area contributed by atoms with Gasteiger partial charge < -0.3 is 24.6 Å². The summed E-state index contributed by atoms with van der Waals surface area (Å²) in [6, 6.07) is 8.96. The number of aliphatic hydroxyl groups is 1. The zero-order chi connectivity index (χ0) is 24.2. The summed E-state index contributed by atoms with van der Waals surface area (Å²) in [5.41, 5.74) is 3.56. The maximum atomic E-state index is 15.1. The van der Waals surface area contributed by atoms with Gasteiger partial charge in [0.15, 0.2) is 0 Å². The van der Waals surface area contributed by atoms with Gasteiger partial charge in [-0.1, -0.05) is 12.1 Å². The molecule has 0 bridgehead atoms. The molecule has 0 radical (unpaired) electrons. The molecule has 0 saturated carbocycles.